The van der Waals surface area contributed by atoms with Crippen LogP contribution in [0.25, 0.3) is 0 Å². The summed E-state index contributed by atoms with van der Waals surface area (Å²) >= 11 is 6.00. The van der Waals surface area contributed by atoms with E-state index >= 15 is 0 Å². The zero-order chi connectivity index (χ0) is 13.5. The lowest BCUT2D eigenvalue weighted by Crippen LogP contribution is -2.37. The predicted molar refractivity (Wildman–Crippen MR) is 68.5 cm³/mol. The van der Waals surface area contributed by atoms with Gasteiger partial charge >= 0.3 is 5.97 Å². The van der Waals surface area contributed by atoms with Crippen molar-refractivity contribution in [3.8, 4) is 0 Å². The van der Waals surface area contributed by atoms with E-state index in [1.807, 2.05) is 25.1 Å². The number of carboxylic acid groups (broad SMARTS) is 1. The van der Waals surface area contributed by atoms with Crippen molar-refractivity contribution in [2.75, 3.05) is 13.1 Å². The molecule has 0 aromatic heterocycles. The summed E-state index contributed by atoms with van der Waals surface area (Å²) in [6, 6.07) is 7.01. The van der Waals surface area contributed by atoms with E-state index in [-0.39, 0.29) is 25.0 Å². The number of halogens is 1. The fourth-order valence-corrected chi connectivity index (χ4v) is 1.78. The largest absolute Gasteiger partial charge is 0.480 e. The van der Waals surface area contributed by atoms with Gasteiger partial charge in [0.2, 0.25) is 5.91 Å². The van der Waals surface area contributed by atoms with Gasteiger partial charge in [0.15, 0.2) is 0 Å². The standard InChI is InChI=1S/C12H15ClN2O3/c1-8(9-4-2-3-5-10(9)13)15-11(16)6-14-7-12(17)18/h2-5,8,14H,6-7H2,1H3,(H,15,16)(H,17,18). The number of aliphatic carboxylic acids is 1. The summed E-state index contributed by atoms with van der Waals surface area (Å²) < 4.78 is 0. The first-order chi connectivity index (χ1) is 8.50. The van der Waals surface area contributed by atoms with Gasteiger partial charge in [-0.1, -0.05) is 29.8 Å². The van der Waals surface area contributed by atoms with Crippen LogP contribution in [0.3, 0.4) is 0 Å². The molecule has 0 heterocycles. The van der Waals surface area contributed by atoms with Gasteiger partial charge in [-0.3, -0.25) is 14.9 Å². The minimum absolute atomic E-state index is 0.0406. The number of carbonyl (C=O) groups is 2. The van der Waals surface area contributed by atoms with Crippen LogP contribution in [0.2, 0.25) is 5.02 Å². The minimum atomic E-state index is -0.998. The molecule has 0 saturated heterocycles. The van der Waals surface area contributed by atoms with Crippen molar-refractivity contribution in [2.24, 2.45) is 0 Å². The molecule has 1 rings (SSSR count). The molecule has 0 aliphatic carbocycles. The van der Waals surface area contributed by atoms with Crippen LogP contribution in [0.1, 0.15) is 18.5 Å². The van der Waals surface area contributed by atoms with E-state index in [0.717, 1.165) is 5.56 Å². The normalized spacial score (nSPS) is 11.9. The van der Waals surface area contributed by atoms with Gasteiger partial charge in [0.25, 0.3) is 0 Å². The lowest BCUT2D eigenvalue weighted by Gasteiger charge is -2.15. The van der Waals surface area contributed by atoms with Gasteiger partial charge in [0.05, 0.1) is 19.1 Å². The highest BCUT2D eigenvalue weighted by atomic mass is 35.5. The smallest absolute Gasteiger partial charge is 0.317 e. The van der Waals surface area contributed by atoms with Gasteiger partial charge in [-0.05, 0) is 18.6 Å². The zero-order valence-corrected chi connectivity index (χ0v) is 10.7. The quantitative estimate of drug-likeness (QED) is 0.726. The van der Waals surface area contributed by atoms with Crippen LogP contribution in [0, 0.1) is 0 Å². The van der Waals surface area contributed by atoms with Gasteiger partial charge < -0.3 is 10.4 Å². The first-order valence-corrected chi connectivity index (χ1v) is 5.85. The molecular formula is C12H15ClN2O3. The highest BCUT2D eigenvalue weighted by molar-refractivity contribution is 6.31. The van der Waals surface area contributed by atoms with Crippen molar-refractivity contribution >= 4 is 23.5 Å². The number of carbonyl (C=O) groups excluding carboxylic acids is 1. The van der Waals surface area contributed by atoms with Crippen LogP contribution in [-0.4, -0.2) is 30.1 Å². The lowest BCUT2D eigenvalue weighted by molar-refractivity contribution is -0.136. The number of hydrogen-bond donors (Lipinski definition) is 3. The molecule has 5 nitrogen and oxygen atoms in total. The van der Waals surface area contributed by atoms with Gasteiger partial charge in [-0.2, -0.15) is 0 Å². The molecule has 0 aliphatic rings. The molecule has 0 bridgehead atoms. The number of benzene rings is 1. The molecule has 0 spiro atoms. The predicted octanol–water partition coefficient (Wildman–Crippen LogP) is 1.19. The van der Waals surface area contributed by atoms with E-state index in [0.29, 0.717) is 5.02 Å². The molecule has 0 fully saturated rings. The third kappa shape index (κ3) is 4.73. The maximum atomic E-state index is 11.5. The number of nitrogens with one attached hydrogen (secondary N) is 2. The summed E-state index contributed by atoms with van der Waals surface area (Å²) in [5.74, 6) is -1.27. The van der Waals surface area contributed by atoms with E-state index < -0.39 is 5.97 Å². The number of hydrogen-bond acceptors (Lipinski definition) is 3. The van der Waals surface area contributed by atoms with Crippen LogP contribution in [0.5, 0.6) is 0 Å². The molecular weight excluding hydrogens is 256 g/mol. The Morgan fingerprint density at radius 3 is 2.61 bits per heavy atom. The fourth-order valence-electron chi connectivity index (χ4n) is 1.48. The summed E-state index contributed by atoms with van der Waals surface area (Å²) in [5, 5.41) is 14.2. The molecule has 1 atom stereocenters. The highest BCUT2D eigenvalue weighted by Gasteiger charge is 2.11. The van der Waals surface area contributed by atoms with Gasteiger partial charge in [-0.15, -0.1) is 0 Å². The highest BCUT2D eigenvalue weighted by Crippen LogP contribution is 2.21. The molecule has 1 aromatic carbocycles. The van der Waals surface area contributed by atoms with Gasteiger partial charge in [0, 0.05) is 5.02 Å². The van der Waals surface area contributed by atoms with Gasteiger partial charge in [-0.25, -0.2) is 0 Å². The topological polar surface area (TPSA) is 78.4 Å². The Bertz CT molecular complexity index is 437. The average molecular weight is 271 g/mol. The van der Waals surface area contributed by atoms with Crippen molar-refractivity contribution in [2.45, 2.75) is 13.0 Å². The summed E-state index contributed by atoms with van der Waals surface area (Å²) in [7, 11) is 0. The molecule has 6 heteroatoms. The molecule has 98 valence electrons. The van der Waals surface area contributed by atoms with E-state index in [1.165, 1.54) is 0 Å². The van der Waals surface area contributed by atoms with E-state index in [2.05, 4.69) is 10.6 Å². The fraction of sp³-hybridized carbons (Fsp3) is 0.333. The van der Waals surface area contributed by atoms with Crippen LogP contribution in [0.15, 0.2) is 24.3 Å². The third-order valence-corrected chi connectivity index (χ3v) is 2.66. The molecule has 0 saturated carbocycles. The molecule has 1 unspecified atom stereocenters. The molecule has 0 aliphatic heterocycles. The molecule has 18 heavy (non-hydrogen) atoms. The van der Waals surface area contributed by atoms with E-state index in [4.69, 9.17) is 16.7 Å². The Balaban J connectivity index is 2.45. The van der Waals surface area contributed by atoms with E-state index in [9.17, 15) is 9.59 Å². The molecule has 0 radical (unpaired) electrons. The Kier molecular flexibility index (Phi) is 5.61. The monoisotopic (exact) mass is 270 g/mol. The molecule has 1 aromatic rings. The second-order valence-electron chi connectivity index (χ2n) is 3.81. The van der Waals surface area contributed by atoms with Crippen molar-refractivity contribution < 1.29 is 14.7 Å². The van der Waals surface area contributed by atoms with E-state index in [1.54, 1.807) is 6.07 Å². The Morgan fingerprint density at radius 2 is 2.00 bits per heavy atom. The van der Waals surface area contributed by atoms with Crippen molar-refractivity contribution in [1.82, 2.24) is 10.6 Å². The second-order valence-corrected chi connectivity index (χ2v) is 4.22. The van der Waals surface area contributed by atoms with Crippen molar-refractivity contribution in [3.05, 3.63) is 34.9 Å². The summed E-state index contributed by atoms with van der Waals surface area (Å²) in [6.07, 6.45) is 0. The van der Waals surface area contributed by atoms with Crippen LogP contribution in [0.4, 0.5) is 0 Å². The number of carboxylic acids is 1. The first-order valence-electron chi connectivity index (χ1n) is 5.47. The van der Waals surface area contributed by atoms with Crippen molar-refractivity contribution in [1.29, 1.82) is 0 Å². The first kappa shape index (κ1) is 14.5. The SMILES string of the molecule is CC(NC(=O)CNCC(=O)O)c1ccccc1Cl. The van der Waals surface area contributed by atoms with Crippen LogP contribution < -0.4 is 10.6 Å². The average Bonchev–Trinajstić information content (AvgIpc) is 2.28. The lowest BCUT2D eigenvalue weighted by atomic mass is 10.1. The second kappa shape index (κ2) is 6.98. The Morgan fingerprint density at radius 1 is 1.33 bits per heavy atom. The summed E-state index contributed by atoms with van der Waals surface area (Å²) in [6.45, 7) is 1.53. The summed E-state index contributed by atoms with van der Waals surface area (Å²) in [5.41, 5.74) is 0.825. The van der Waals surface area contributed by atoms with Crippen LogP contribution in [-0.2, 0) is 9.59 Å². The molecule has 3 N–H and O–H groups in total. The maximum absolute atomic E-state index is 11.5. The molecule has 1 amide bonds. The Labute approximate surface area is 110 Å². The van der Waals surface area contributed by atoms with Crippen molar-refractivity contribution in [3.63, 3.8) is 0 Å². The van der Waals surface area contributed by atoms with Crippen LogP contribution >= 0.6 is 11.6 Å². The number of amides is 1. The number of rotatable bonds is 6. The third-order valence-electron chi connectivity index (χ3n) is 2.31. The zero-order valence-electron chi connectivity index (χ0n) is 9.94. The Hall–Kier alpha value is -1.59. The minimum Gasteiger partial charge on any atom is -0.480 e. The summed E-state index contributed by atoms with van der Waals surface area (Å²) in [4.78, 5) is 21.8. The maximum Gasteiger partial charge on any atom is 0.317 e. The van der Waals surface area contributed by atoms with Gasteiger partial charge in [0.1, 0.15) is 0 Å².